The largest absolute Gasteiger partial charge is 0.389 e. The summed E-state index contributed by atoms with van der Waals surface area (Å²) in [4.78, 5) is 0. The predicted molar refractivity (Wildman–Crippen MR) is 67.4 cm³/mol. The van der Waals surface area contributed by atoms with Crippen LogP contribution in [0.3, 0.4) is 0 Å². The van der Waals surface area contributed by atoms with Gasteiger partial charge in [0.05, 0.1) is 5.60 Å². The van der Waals surface area contributed by atoms with Crippen LogP contribution in [0.4, 0.5) is 0 Å². The molecule has 0 aromatic rings. The third kappa shape index (κ3) is 3.33. The highest BCUT2D eigenvalue weighted by atomic mass is 16.3. The van der Waals surface area contributed by atoms with Crippen LogP contribution in [-0.4, -0.2) is 23.3 Å². The van der Waals surface area contributed by atoms with E-state index in [1.165, 1.54) is 32.1 Å². The summed E-state index contributed by atoms with van der Waals surface area (Å²) in [6.07, 6.45) is 12.5. The van der Waals surface area contributed by atoms with Crippen LogP contribution in [-0.2, 0) is 0 Å². The number of nitrogens with one attached hydrogen (secondary N) is 1. The Bertz CT molecular complexity index is 241. The minimum Gasteiger partial charge on any atom is -0.389 e. The van der Waals surface area contributed by atoms with Gasteiger partial charge in [-0.1, -0.05) is 19.1 Å². The van der Waals surface area contributed by atoms with Gasteiger partial charge in [0.1, 0.15) is 0 Å². The van der Waals surface area contributed by atoms with E-state index >= 15 is 0 Å². The SMILES string of the molecule is CC1CCC(O)(CNC2C=CCCC2)CC1. The third-order valence-electron chi connectivity index (χ3n) is 4.15. The van der Waals surface area contributed by atoms with Crippen LogP contribution in [0.15, 0.2) is 12.2 Å². The van der Waals surface area contributed by atoms with Gasteiger partial charge in [0, 0.05) is 12.6 Å². The van der Waals surface area contributed by atoms with Crippen molar-refractivity contribution in [1.29, 1.82) is 0 Å². The summed E-state index contributed by atoms with van der Waals surface area (Å²) < 4.78 is 0. The molecule has 2 rings (SSSR count). The fraction of sp³-hybridized carbons (Fsp3) is 0.857. The Hall–Kier alpha value is -0.340. The Morgan fingerprint density at radius 3 is 2.69 bits per heavy atom. The summed E-state index contributed by atoms with van der Waals surface area (Å²) in [5, 5.41) is 13.9. The van der Waals surface area contributed by atoms with Crippen molar-refractivity contribution < 1.29 is 5.11 Å². The van der Waals surface area contributed by atoms with E-state index < -0.39 is 5.60 Å². The normalized spacial score (nSPS) is 39.9. The average Bonchev–Trinajstić information content (AvgIpc) is 2.33. The van der Waals surface area contributed by atoms with Crippen LogP contribution in [0.25, 0.3) is 0 Å². The van der Waals surface area contributed by atoms with Gasteiger partial charge in [-0.15, -0.1) is 0 Å². The van der Waals surface area contributed by atoms with Gasteiger partial charge in [-0.25, -0.2) is 0 Å². The van der Waals surface area contributed by atoms with Gasteiger partial charge in [0.2, 0.25) is 0 Å². The van der Waals surface area contributed by atoms with Crippen LogP contribution >= 0.6 is 0 Å². The zero-order valence-electron chi connectivity index (χ0n) is 10.4. The van der Waals surface area contributed by atoms with Crippen molar-refractivity contribution in [3.8, 4) is 0 Å². The highest BCUT2D eigenvalue weighted by Gasteiger charge is 2.31. The molecule has 2 N–H and O–H groups in total. The molecular formula is C14H25NO. The second kappa shape index (κ2) is 5.33. The fourth-order valence-electron chi connectivity index (χ4n) is 2.78. The Kier molecular flexibility index (Phi) is 4.04. The molecule has 1 saturated carbocycles. The molecule has 0 bridgehead atoms. The lowest BCUT2D eigenvalue weighted by Crippen LogP contribution is -2.46. The first kappa shape index (κ1) is 12.1. The number of hydrogen-bond donors (Lipinski definition) is 2. The average molecular weight is 223 g/mol. The molecule has 16 heavy (non-hydrogen) atoms. The predicted octanol–water partition coefficient (Wildman–Crippen LogP) is 2.63. The molecule has 92 valence electrons. The van der Waals surface area contributed by atoms with Crippen molar-refractivity contribution in [1.82, 2.24) is 5.32 Å². The maximum atomic E-state index is 10.4. The zero-order chi connectivity index (χ0) is 11.4. The Balaban J connectivity index is 1.76. The van der Waals surface area contributed by atoms with Gasteiger partial charge in [0.25, 0.3) is 0 Å². The molecule has 2 aliphatic carbocycles. The first-order valence-corrected chi connectivity index (χ1v) is 6.80. The smallest absolute Gasteiger partial charge is 0.0772 e. The van der Waals surface area contributed by atoms with Gasteiger partial charge in [0.15, 0.2) is 0 Å². The number of allylic oxidation sites excluding steroid dienone is 1. The van der Waals surface area contributed by atoms with E-state index in [-0.39, 0.29) is 0 Å². The van der Waals surface area contributed by atoms with Crippen molar-refractivity contribution in [2.24, 2.45) is 5.92 Å². The van der Waals surface area contributed by atoms with Crippen molar-refractivity contribution >= 4 is 0 Å². The molecular weight excluding hydrogens is 198 g/mol. The molecule has 2 heteroatoms. The Morgan fingerprint density at radius 1 is 1.31 bits per heavy atom. The minimum absolute atomic E-state index is 0.433. The van der Waals surface area contributed by atoms with E-state index in [2.05, 4.69) is 24.4 Å². The summed E-state index contributed by atoms with van der Waals surface area (Å²) in [7, 11) is 0. The van der Waals surface area contributed by atoms with E-state index in [1.807, 2.05) is 0 Å². The molecule has 1 atom stereocenters. The van der Waals surface area contributed by atoms with Crippen LogP contribution < -0.4 is 5.32 Å². The molecule has 0 radical (unpaired) electrons. The molecule has 0 spiro atoms. The maximum Gasteiger partial charge on any atom is 0.0772 e. The monoisotopic (exact) mass is 223 g/mol. The lowest BCUT2D eigenvalue weighted by atomic mass is 9.79. The summed E-state index contributed by atoms with van der Waals surface area (Å²) in [5.41, 5.74) is -0.433. The number of hydrogen-bond acceptors (Lipinski definition) is 2. The molecule has 0 saturated heterocycles. The standard InChI is InChI=1S/C14H25NO/c1-12-7-9-14(16,10-8-12)11-15-13-5-3-2-4-6-13/h3,5,12-13,15-16H,2,4,6-11H2,1H3. The third-order valence-corrected chi connectivity index (χ3v) is 4.15. The van der Waals surface area contributed by atoms with Gasteiger partial charge in [-0.3, -0.25) is 0 Å². The minimum atomic E-state index is -0.433. The molecule has 0 aromatic carbocycles. The molecule has 1 unspecified atom stereocenters. The van der Waals surface area contributed by atoms with Gasteiger partial charge >= 0.3 is 0 Å². The molecule has 1 fully saturated rings. The van der Waals surface area contributed by atoms with Gasteiger partial charge in [-0.05, 0) is 50.9 Å². The quantitative estimate of drug-likeness (QED) is 0.721. The molecule has 0 heterocycles. The Morgan fingerprint density at radius 2 is 2.06 bits per heavy atom. The van der Waals surface area contributed by atoms with Crippen molar-refractivity contribution in [3.63, 3.8) is 0 Å². The van der Waals surface area contributed by atoms with Crippen LogP contribution in [0, 0.1) is 5.92 Å². The van der Waals surface area contributed by atoms with E-state index in [0.717, 1.165) is 25.3 Å². The van der Waals surface area contributed by atoms with E-state index in [4.69, 9.17) is 0 Å². The summed E-state index contributed by atoms with van der Waals surface area (Å²) >= 11 is 0. The maximum absolute atomic E-state index is 10.4. The summed E-state index contributed by atoms with van der Waals surface area (Å²) in [6, 6.07) is 0.497. The van der Waals surface area contributed by atoms with Crippen LogP contribution in [0.2, 0.25) is 0 Å². The van der Waals surface area contributed by atoms with E-state index in [9.17, 15) is 5.11 Å². The molecule has 2 nitrogen and oxygen atoms in total. The van der Waals surface area contributed by atoms with Crippen LogP contribution in [0.5, 0.6) is 0 Å². The highest BCUT2D eigenvalue weighted by molar-refractivity contribution is 4.99. The Labute approximate surface area is 99.1 Å². The summed E-state index contributed by atoms with van der Waals surface area (Å²) in [6.45, 7) is 3.06. The van der Waals surface area contributed by atoms with Crippen molar-refractivity contribution in [2.45, 2.75) is 63.5 Å². The lowest BCUT2D eigenvalue weighted by Gasteiger charge is -2.36. The lowest BCUT2D eigenvalue weighted by molar-refractivity contribution is -0.00745. The molecule has 0 aliphatic heterocycles. The highest BCUT2D eigenvalue weighted by Crippen LogP contribution is 2.31. The second-order valence-electron chi connectivity index (χ2n) is 5.75. The molecule has 2 aliphatic rings. The molecule has 0 aromatic heterocycles. The molecule has 0 amide bonds. The number of aliphatic hydroxyl groups is 1. The first-order valence-electron chi connectivity index (χ1n) is 6.80. The van der Waals surface area contributed by atoms with E-state index in [0.29, 0.717) is 6.04 Å². The van der Waals surface area contributed by atoms with E-state index in [1.54, 1.807) is 0 Å². The zero-order valence-corrected chi connectivity index (χ0v) is 10.4. The summed E-state index contributed by atoms with van der Waals surface area (Å²) in [5.74, 6) is 0.801. The van der Waals surface area contributed by atoms with Crippen molar-refractivity contribution in [2.75, 3.05) is 6.54 Å². The van der Waals surface area contributed by atoms with Gasteiger partial charge < -0.3 is 10.4 Å². The fourth-order valence-corrected chi connectivity index (χ4v) is 2.78. The number of rotatable bonds is 3. The van der Waals surface area contributed by atoms with Crippen molar-refractivity contribution in [3.05, 3.63) is 12.2 Å². The van der Waals surface area contributed by atoms with Crippen LogP contribution in [0.1, 0.15) is 51.9 Å². The second-order valence-corrected chi connectivity index (χ2v) is 5.75. The first-order chi connectivity index (χ1) is 7.68. The van der Waals surface area contributed by atoms with Gasteiger partial charge in [-0.2, -0.15) is 0 Å². The topological polar surface area (TPSA) is 32.3 Å².